The van der Waals surface area contributed by atoms with Crippen LogP contribution in [0.25, 0.3) is 27.6 Å². The highest BCUT2D eigenvalue weighted by atomic mass is 32.1. The van der Waals surface area contributed by atoms with Gasteiger partial charge in [-0.05, 0) is 12.1 Å². The van der Waals surface area contributed by atoms with E-state index >= 15 is 0 Å². The van der Waals surface area contributed by atoms with E-state index in [-0.39, 0.29) is 28.9 Å². The third-order valence-corrected chi connectivity index (χ3v) is 7.82. The molecule has 1 unspecified atom stereocenters. The number of piperazine rings is 1. The van der Waals surface area contributed by atoms with E-state index in [1.54, 1.807) is 21.6 Å². The molecule has 1 aliphatic rings. The second-order valence-corrected chi connectivity index (χ2v) is 10.5. The number of aromatic nitrogens is 5. The summed E-state index contributed by atoms with van der Waals surface area (Å²) < 4.78 is 42.9. The average molecular weight is 589 g/mol. The fraction of sp³-hybridized carbons (Fsp3) is 0.360. The quantitative estimate of drug-likeness (QED) is 0.227. The molecule has 0 spiro atoms. The lowest BCUT2D eigenvalue weighted by atomic mass is 10.2. The molecule has 216 valence electrons. The molecule has 0 aliphatic carbocycles. The summed E-state index contributed by atoms with van der Waals surface area (Å²) in [6, 6.07) is 5.46. The summed E-state index contributed by atoms with van der Waals surface area (Å²) in [6.07, 6.45) is 0.342. The molecule has 13 nitrogen and oxygen atoms in total. The van der Waals surface area contributed by atoms with Crippen LogP contribution in [-0.2, 0) is 6.54 Å². The van der Waals surface area contributed by atoms with Crippen LogP contribution >= 0.6 is 11.3 Å². The molecule has 4 N–H and O–H groups in total. The number of hydrogen-bond acceptors (Lipinski definition) is 12. The highest BCUT2D eigenvalue weighted by Crippen LogP contribution is 2.29. The first-order valence-electron chi connectivity index (χ1n) is 12.8. The Morgan fingerprint density at radius 2 is 1.93 bits per heavy atom. The average Bonchev–Trinajstić information content (AvgIpc) is 3.71. The van der Waals surface area contributed by atoms with Gasteiger partial charge in [-0.25, -0.2) is 13.8 Å². The van der Waals surface area contributed by atoms with E-state index < -0.39 is 24.3 Å². The van der Waals surface area contributed by atoms with Crippen molar-refractivity contribution in [2.45, 2.75) is 12.6 Å². The number of rotatable bonds is 9. The molecule has 6 rings (SSSR count). The van der Waals surface area contributed by atoms with E-state index in [4.69, 9.17) is 20.0 Å². The van der Waals surface area contributed by atoms with Gasteiger partial charge < -0.3 is 30.0 Å². The fourth-order valence-corrected chi connectivity index (χ4v) is 5.63. The lowest BCUT2D eigenvalue weighted by Crippen LogP contribution is -2.47. The van der Waals surface area contributed by atoms with Crippen LogP contribution < -0.4 is 20.2 Å². The SMILES string of the molecule is Nc1nc2c(sc(=O)n2CCN2CCN(c3cc(OCC(O)CO)c(F)cc3F)CC2)c2nc(-c3ccco3)nn12. The molecule has 41 heavy (non-hydrogen) atoms. The van der Waals surface area contributed by atoms with Crippen molar-refractivity contribution < 1.29 is 28.1 Å². The molecular formula is C25H26F2N8O5S. The number of nitrogens with two attached hydrogens (primary N) is 1. The van der Waals surface area contributed by atoms with Crippen LogP contribution in [0.2, 0.25) is 0 Å². The van der Waals surface area contributed by atoms with Gasteiger partial charge in [-0.1, -0.05) is 11.3 Å². The molecule has 0 saturated carbocycles. The van der Waals surface area contributed by atoms with Crippen LogP contribution in [-0.4, -0.2) is 91.3 Å². The Labute approximate surface area is 234 Å². The monoisotopic (exact) mass is 588 g/mol. The number of aliphatic hydroxyl groups is 2. The van der Waals surface area contributed by atoms with Gasteiger partial charge in [0.15, 0.2) is 28.6 Å². The first-order chi connectivity index (χ1) is 19.8. The largest absolute Gasteiger partial charge is 0.488 e. The summed E-state index contributed by atoms with van der Waals surface area (Å²) >= 11 is 1.02. The summed E-state index contributed by atoms with van der Waals surface area (Å²) in [4.78, 5) is 25.6. The van der Waals surface area contributed by atoms with Gasteiger partial charge in [0, 0.05) is 51.4 Å². The molecular weight excluding hydrogens is 562 g/mol. The van der Waals surface area contributed by atoms with Crippen LogP contribution in [0.3, 0.4) is 0 Å². The molecule has 0 amide bonds. The molecule has 5 aromatic rings. The van der Waals surface area contributed by atoms with Crippen molar-refractivity contribution in [2.75, 3.05) is 56.6 Å². The third-order valence-electron chi connectivity index (χ3n) is 6.85. The highest BCUT2D eigenvalue weighted by Gasteiger charge is 2.24. The van der Waals surface area contributed by atoms with Gasteiger partial charge in [-0.2, -0.15) is 9.50 Å². The summed E-state index contributed by atoms with van der Waals surface area (Å²) in [5.74, 6) is -0.921. The first-order valence-corrected chi connectivity index (χ1v) is 13.6. The number of fused-ring (bicyclic) bond motifs is 3. The predicted molar refractivity (Wildman–Crippen MR) is 146 cm³/mol. The zero-order valence-electron chi connectivity index (χ0n) is 21.6. The molecule has 0 radical (unpaired) electrons. The number of benzene rings is 1. The Bertz CT molecular complexity index is 1750. The summed E-state index contributed by atoms with van der Waals surface area (Å²) in [5, 5.41) is 22.8. The Balaban J connectivity index is 1.14. The zero-order chi connectivity index (χ0) is 28.7. The van der Waals surface area contributed by atoms with Gasteiger partial charge in [0.1, 0.15) is 23.2 Å². The van der Waals surface area contributed by atoms with E-state index in [1.165, 1.54) is 16.8 Å². The third kappa shape index (κ3) is 5.21. The fourth-order valence-electron chi connectivity index (χ4n) is 4.70. The number of halogens is 2. The minimum atomic E-state index is -1.17. The molecule has 1 aliphatic heterocycles. The number of nitrogen functional groups attached to an aromatic ring is 1. The van der Waals surface area contributed by atoms with Crippen molar-refractivity contribution in [3.63, 3.8) is 0 Å². The highest BCUT2D eigenvalue weighted by molar-refractivity contribution is 7.17. The van der Waals surface area contributed by atoms with Gasteiger partial charge >= 0.3 is 4.87 Å². The zero-order valence-corrected chi connectivity index (χ0v) is 22.4. The van der Waals surface area contributed by atoms with Crippen molar-refractivity contribution >= 4 is 39.0 Å². The molecule has 5 heterocycles. The molecule has 1 fully saturated rings. The molecule has 1 aromatic carbocycles. The number of aliphatic hydroxyl groups excluding tert-OH is 2. The Morgan fingerprint density at radius 3 is 2.66 bits per heavy atom. The molecule has 0 bridgehead atoms. The number of hydrogen-bond donors (Lipinski definition) is 3. The van der Waals surface area contributed by atoms with E-state index in [2.05, 4.69) is 20.0 Å². The van der Waals surface area contributed by atoms with Gasteiger partial charge in [-0.3, -0.25) is 14.3 Å². The second-order valence-electron chi connectivity index (χ2n) is 9.50. The second kappa shape index (κ2) is 11.0. The predicted octanol–water partition coefficient (Wildman–Crippen LogP) is 1.18. The Hall–Kier alpha value is -4.12. The van der Waals surface area contributed by atoms with E-state index in [0.29, 0.717) is 66.8 Å². The summed E-state index contributed by atoms with van der Waals surface area (Å²) in [6.45, 7) is 2.10. The van der Waals surface area contributed by atoms with Gasteiger partial charge in [0.25, 0.3) is 0 Å². The molecule has 16 heteroatoms. The topological polar surface area (TPSA) is 160 Å². The van der Waals surface area contributed by atoms with Crippen molar-refractivity contribution in [1.29, 1.82) is 0 Å². The summed E-state index contributed by atoms with van der Waals surface area (Å²) in [5.41, 5.74) is 7.19. The minimum Gasteiger partial charge on any atom is -0.488 e. The van der Waals surface area contributed by atoms with Crippen LogP contribution in [0.15, 0.2) is 39.7 Å². The van der Waals surface area contributed by atoms with Crippen molar-refractivity contribution in [3.05, 3.63) is 51.8 Å². The Kier molecular flexibility index (Phi) is 7.29. The normalized spacial score (nSPS) is 15.3. The number of ether oxygens (including phenoxy) is 1. The van der Waals surface area contributed by atoms with Crippen LogP contribution in [0.4, 0.5) is 20.4 Å². The standard InChI is InChI=1S/C25H26F2N8O5S/c26-15-10-16(27)19(40-13-14(37)12-36)11-17(15)33-6-3-32(4-7-33)5-8-34-22-20(41-25(34)38)23-29-21(18-2-1-9-39-18)31-35(23)24(28)30-22/h1-2,9-11,14,36-37H,3-8,12-13H2,(H2,28,30). The van der Waals surface area contributed by atoms with Gasteiger partial charge in [0.2, 0.25) is 11.8 Å². The number of thiazole rings is 1. The van der Waals surface area contributed by atoms with Gasteiger partial charge in [0.05, 0.1) is 18.6 Å². The maximum Gasteiger partial charge on any atom is 0.309 e. The lowest BCUT2D eigenvalue weighted by molar-refractivity contribution is 0.0523. The number of anilines is 2. The minimum absolute atomic E-state index is 0.0912. The van der Waals surface area contributed by atoms with E-state index in [1.807, 2.05) is 0 Å². The lowest BCUT2D eigenvalue weighted by Gasteiger charge is -2.36. The van der Waals surface area contributed by atoms with Crippen molar-refractivity contribution in [1.82, 2.24) is 29.0 Å². The van der Waals surface area contributed by atoms with E-state index in [9.17, 15) is 18.7 Å². The number of nitrogens with zero attached hydrogens (tertiary/aromatic N) is 7. The molecule has 1 saturated heterocycles. The maximum atomic E-state index is 14.6. The first kappa shape index (κ1) is 27.1. The molecule has 4 aromatic heterocycles. The maximum absolute atomic E-state index is 14.6. The van der Waals surface area contributed by atoms with Crippen LogP contribution in [0.1, 0.15) is 0 Å². The Morgan fingerprint density at radius 1 is 1.12 bits per heavy atom. The summed E-state index contributed by atoms with van der Waals surface area (Å²) in [7, 11) is 0. The number of furan rings is 1. The van der Waals surface area contributed by atoms with Crippen molar-refractivity contribution in [2.24, 2.45) is 0 Å². The van der Waals surface area contributed by atoms with Crippen LogP contribution in [0.5, 0.6) is 5.75 Å². The van der Waals surface area contributed by atoms with E-state index in [0.717, 1.165) is 17.4 Å². The smallest absolute Gasteiger partial charge is 0.309 e. The van der Waals surface area contributed by atoms with Crippen LogP contribution in [0, 0.1) is 11.6 Å². The van der Waals surface area contributed by atoms with Gasteiger partial charge in [-0.15, -0.1) is 5.10 Å². The molecule has 1 atom stereocenters. The van der Waals surface area contributed by atoms with Crippen molar-refractivity contribution in [3.8, 4) is 17.3 Å².